The van der Waals surface area contributed by atoms with Gasteiger partial charge in [-0.05, 0) is 51.5 Å². The third-order valence-electron chi connectivity index (χ3n) is 4.92. The second-order valence-electron chi connectivity index (χ2n) is 6.48. The zero-order chi connectivity index (χ0) is 18.7. The molecule has 2 aromatic rings. The molecule has 0 spiro atoms. The van der Waals surface area contributed by atoms with Crippen LogP contribution in [-0.2, 0) is 16.1 Å². The van der Waals surface area contributed by atoms with Crippen LogP contribution in [0.15, 0.2) is 18.2 Å². The summed E-state index contributed by atoms with van der Waals surface area (Å²) in [5.74, 6) is -1.83. The molecule has 0 radical (unpaired) electrons. The van der Waals surface area contributed by atoms with Crippen molar-refractivity contribution < 1.29 is 19.4 Å². The number of hydrogen-bond acceptors (Lipinski definition) is 3. The van der Waals surface area contributed by atoms with Crippen molar-refractivity contribution in [2.24, 2.45) is 5.92 Å². The lowest BCUT2D eigenvalue weighted by molar-refractivity contribution is -0.141. The Morgan fingerprint density at radius 2 is 1.96 bits per heavy atom. The summed E-state index contributed by atoms with van der Waals surface area (Å²) in [6.07, 6.45) is 0. The Morgan fingerprint density at radius 3 is 2.56 bits per heavy atom. The van der Waals surface area contributed by atoms with Gasteiger partial charge in [0.05, 0.1) is 12.5 Å². The van der Waals surface area contributed by atoms with Gasteiger partial charge in [-0.1, -0.05) is 0 Å². The SMILES string of the molecule is COCCn1c(C)c(C)c2cc(C(=O)NC(C)C(C)C(=O)O)ccc21. The molecule has 136 valence electrons. The predicted octanol–water partition coefficient (Wildman–Crippen LogP) is 2.74. The number of carbonyl (C=O) groups is 2. The first-order valence-corrected chi connectivity index (χ1v) is 8.40. The largest absolute Gasteiger partial charge is 0.481 e. The molecule has 0 saturated carbocycles. The van der Waals surface area contributed by atoms with Crippen molar-refractivity contribution in [3.63, 3.8) is 0 Å². The Balaban J connectivity index is 2.30. The van der Waals surface area contributed by atoms with Crippen molar-refractivity contribution in [3.05, 3.63) is 35.0 Å². The summed E-state index contributed by atoms with van der Waals surface area (Å²) < 4.78 is 7.36. The van der Waals surface area contributed by atoms with Gasteiger partial charge < -0.3 is 19.7 Å². The number of amides is 1. The quantitative estimate of drug-likeness (QED) is 0.808. The van der Waals surface area contributed by atoms with Crippen molar-refractivity contribution in [3.8, 4) is 0 Å². The van der Waals surface area contributed by atoms with Crippen molar-refractivity contribution in [2.45, 2.75) is 40.3 Å². The van der Waals surface area contributed by atoms with Crippen LogP contribution in [0, 0.1) is 19.8 Å². The number of methoxy groups -OCH3 is 1. The first-order valence-electron chi connectivity index (χ1n) is 8.40. The maximum absolute atomic E-state index is 12.5. The summed E-state index contributed by atoms with van der Waals surface area (Å²) in [4.78, 5) is 23.5. The fraction of sp³-hybridized carbons (Fsp3) is 0.474. The monoisotopic (exact) mass is 346 g/mol. The van der Waals surface area contributed by atoms with Crippen molar-refractivity contribution in [1.82, 2.24) is 9.88 Å². The second kappa shape index (κ2) is 7.70. The number of aromatic nitrogens is 1. The Hall–Kier alpha value is -2.34. The average Bonchev–Trinajstić information content (AvgIpc) is 2.82. The highest BCUT2D eigenvalue weighted by atomic mass is 16.5. The topological polar surface area (TPSA) is 80.6 Å². The van der Waals surface area contributed by atoms with Crippen LogP contribution >= 0.6 is 0 Å². The fourth-order valence-electron chi connectivity index (χ4n) is 2.89. The summed E-state index contributed by atoms with van der Waals surface area (Å²) in [5.41, 5.74) is 3.88. The van der Waals surface area contributed by atoms with Crippen LogP contribution in [0.5, 0.6) is 0 Å². The number of nitrogens with one attached hydrogen (secondary N) is 1. The molecule has 2 N–H and O–H groups in total. The number of fused-ring (bicyclic) bond motifs is 1. The molecule has 0 fully saturated rings. The first kappa shape index (κ1) is 19.0. The Morgan fingerprint density at radius 1 is 1.28 bits per heavy atom. The van der Waals surface area contributed by atoms with E-state index in [1.807, 2.05) is 19.1 Å². The van der Waals surface area contributed by atoms with E-state index in [2.05, 4.69) is 16.8 Å². The molecule has 25 heavy (non-hydrogen) atoms. The molecule has 0 saturated heterocycles. The van der Waals surface area contributed by atoms with E-state index in [0.29, 0.717) is 12.2 Å². The molecule has 0 bridgehead atoms. The van der Waals surface area contributed by atoms with Crippen molar-refractivity contribution >= 4 is 22.8 Å². The van der Waals surface area contributed by atoms with Gasteiger partial charge in [-0.25, -0.2) is 0 Å². The molecular formula is C19H26N2O4. The summed E-state index contributed by atoms with van der Waals surface area (Å²) in [5, 5.41) is 12.9. The van der Waals surface area contributed by atoms with E-state index < -0.39 is 17.9 Å². The molecular weight excluding hydrogens is 320 g/mol. The Bertz CT molecular complexity index is 794. The summed E-state index contributed by atoms with van der Waals surface area (Å²) >= 11 is 0. The molecule has 2 unspecified atom stereocenters. The molecule has 0 aliphatic heterocycles. The van der Waals surface area contributed by atoms with Crippen molar-refractivity contribution in [2.75, 3.05) is 13.7 Å². The van der Waals surface area contributed by atoms with E-state index >= 15 is 0 Å². The number of carbonyl (C=O) groups excluding carboxylic acids is 1. The van der Waals surface area contributed by atoms with E-state index in [9.17, 15) is 9.59 Å². The van der Waals surface area contributed by atoms with Gasteiger partial charge in [0.1, 0.15) is 0 Å². The highest BCUT2D eigenvalue weighted by Crippen LogP contribution is 2.26. The van der Waals surface area contributed by atoms with Gasteiger partial charge in [0, 0.05) is 41.9 Å². The Kier molecular flexibility index (Phi) is 5.85. The van der Waals surface area contributed by atoms with Gasteiger partial charge in [-0.15, -0.1) is 0 Å². The second-order valence-corrected chi connectivity index (χ2v) is 6.48. The highest BCUT2D eigenvalue weighted by molar-refractivity contribution is 5.99. The maximum atomic E-state index is 12.5. The molecule has 1 amide bonds. The van der Waals surface area contributed by atoms with Crippen LogP contribution in [0.1, 0.15) is 35.5 Å². The number of aryl methyl sites for hydroxylation is 1. The molecule has 1 heterocycles. The van der Waals surface area contributed by atoms with Gasteiger partial charge in [0.15, 0.2) is 0 Å². The summed E-state index contributed by atoms with van der Waals surface area (Å²) in [6, 6.07) is 5.13. The predicted molar refractivity (Wildman–Crippen MR) is 97.0 cm³/mol. The molecule has 1 aromatic heterocycles. The van der Waals surface area contributed by atoms with Crippen LogP contribution < -0.4 is 5.32 Å². The minimum absolute atomic E-state index is 0.260. The smallest absolute Gasteiger partial charge is 0.308 e. The number of hydrogen-bond donors (Lipinski definition) is 2. The fourth-order valence-corrected chi connectivity index (χ4v) is 2.89. The third-order valence-corrected chi connectivity index (χ3v) is 4.92. The molecule has 2 rings (SSSR count). The zero-order valence-corrected chi connectivity index (χ0v) is 15.4. The van der Waals surface area contributed by atoms with E-state index in [1.54, 1.807) is 27.0 Å². The first-order chi connectivity index (χ1) is 11.8. The number of nitrogens with zero attached hydrogens (tertiary/aromatic N) is 1. The van der Waals surface area contributed by atoms with Crippen LogP contribution in [0.25, 0.3) is 10.9 Å². The van der Waals surface area contributed by atoms with Gasteiger partial charge in [-0.3, -0.25) is 9.59 Å². The Labute approximate surface area is 147 Å². The third kappa shape index (κ3) is 3.85. The van der Waals surface area contributed by atoms with Gasteiger partial charge in [-0.2, -0.15) is 0 Å². The van der Waals surface area contributed by atoms with Crippen LogP contribution in [-0.4, -0.2) is 41.3 Å². The number of benzene rings is 1. The molecule has 6 heteroatoms. The molecule has 1 aromatic carbocycles. The van der Waals surface area contributed by atoms with Crippen LogP contribution in [0.2, 0.25) is 0 Å². The number of carboxylic acids is 1. The highest BCUT2D eigenvalue weighted by Gasteiger charge is 2.22. The zero-order valence-electron chi connectivity index (χ0n) is 15.4. The lowest BCUT2D eigenvalue weighted by Crippen LogP contribution is -2.40. The van der Waals surface area contributed by atoms with Gasteiger partial charge in [0.2, 0.25) is 0 Å². The van der Waals surface area contributed by atoms with Crippen LogP contribution in [0.3, 0.4) is 0 Å². The van der Waals surface area contributed by atoms with E-state index in [4.69, 9.17) is 9.84 Å². The summed E-state index contributed by atoms with van der Waals surface area (Å²) in [7, 11) is 1.68. The normalized spacial score (nSPS) is 13.6. The van der Waals surface area contributed by atoms with Gasteiger partial charge >= 0.3 is 5.97 Å². The molecule has 0 aliphatic carbocycles. The molecule has 0 aliphatic rings. The average molecular weight is 346 g/mol. The maximum Gasteiger partial charge on any atom is 0.308 e. The number of carboxylic acid groups (broad SMARTS) is 1. The number of ether oxygens (including phenoxy) is 1. The van der Waals surface area contributed by atoms with Gasteiger partial charge in [0.25, 0.3) is 5.91 Å². The van der Waals surface area contributed by atoms with E-state index in [0.717, 1.165) is 28.7 Å². The lowest BCUT2D eigenvalue weighted by atomic mass is 10.0. The van der Waals surface area contributed by atoms with E-state index in [-0.39, 0.29) is 5.91 Å². The minimum atomic E-state index is -0.926. The minimum Gasteiger partial charge on any atom is -0.481 e. The standard InChI is InChI=1S/C19H26N2O4/c1-11(19(23)24)13(3)20-18(22)15-6-7-17-16(10-15)12(2)14(4)21(17)8-9-25-5/h6-7,10-11,13H,8-9H2,1-5H3,(H,20,22)(H,23,24). The van der Waals surface area contributed by atoms with Crippen LogP contribution in [0.4, 0.5) is 0 Å². The summed E-state index contributed by atoms with van der Waals surface area (Å²) in [6.45, 7) is 8.76. The van der Waals surface area contributed by atoms with E-state index in [1.165, 1.54) is 0 Å². The molecule has 2 atom stereocenters. The number of rotatable bonds is 7. The van der Waals surface area contributed by atoms with Crippen molar-refractivity contribution in [1.29, 1.82) is 0 Å². The lowest BCUT2D eigenvalue weighted by Gasteiger charge is -2.17. The number of aliphatic carboxylic acids is 1. The molecule has 6 nitrogen and oxygen atoms in total.